The van der Waals surface area contributed by atoms with Gasteiger partial charge in [0.1, 0.15) is 0 Å². The Labute approximate surface area is 95.6 Å². The van der Waals surface area contributed by atoms with Gasteiger partial charge in [-0.25, -0.2) is 4.39 Å². The summed E-state index contributed by atoms with van der Waals surface area (Å²) in [4.78, 5) is 0. The van der Waals surface area contributed by atoms with Crippen LogP contribution in [0.25, 0.3) is 0 Å². The van der Waals surface area contributed by atoms with Gasteiger partial charge in [-0.05, 0) is 30.0 Å². The maximum absolute atomic E-state index is 13.2. The standard InChI is InChI=1S/C13H18FNO/c1-16-13-8-10(5-6-11(13)14)12(15)7-9-3-2-4-9/h5-6,8-9,12H,2-4,7,15H2,1H3. The molecule has 1 unspecified atom stereocenters. The molecule has 1 aromatic carbocycles. The van der Waals surface area contributed by atoms with Crippen LogP contribution in [-0.4, -0.2) is 7.11 Å². The van der Waals surface area contributed by atoms with Gasteiger partial charge in [0.15, 0.2) is 11.6 Å². The van der Waals surface area contributed by atoms with Crippen LogP contribution in [0.3, 0.4) is 0 Å². The number of hydrogen-bond donors (Lipinski definition) is 1. The SMILES string of the molecule is COc1cc(C(N)CC2CCC2)ccc1F. The van der Waals surface area contributed by atoms with Gasteiger partial charge in [-0.3, -0.25) is 0 Å². The molecule has 16 heavy (non-hydrogen) atoms. The van der Waals surface area contributed by atoms with E-state index < -0.39 is 0 Å². The van der Waals surface area contributed by atoms with E-state index in [1.54, 1.807) is 12.1 Å². The quantitative estimate of drug-likeness (QED) is 0.851. The second-order valence-corrected chi connectivity index (χ2v) is 4.53. The van der Waals surface area contributed by atoms with Crippen LogP contribution in [0.2, 0.25) is 0 Å². The molecular weight excluding hydrogens is 205 g/mol. The lowest BCUT2D eigenvalue weighted by Gasteiger charge is -2.28. The molecule has 1 aliphatic rings. The van der Waals surface area contributed by atoms with E-state index in [9.17, 15) is 4.39 Å². The summed E-state index contributed by atoms with van der Waals surface area (Å²) < 4.78 is 18.2. The molecule has 1 saturated carbocycles. The summed E-state index contributed by atoms with van der Waals surface area (Å²) in [6.07, 6.45) is 4.89. The van der Waals surface area contributed by atoms with Crippen molar-refractivity contribution >= 4 is 0 Å². The van der Waals surface area contributed by atoms with Gasteiger partial charge in [0.25, 0.3) is 0 Å². The third-order valence-electron chi connectivity index (χ3n) is 3.42. The minimum absolute atomic E-state index is 0.000185. The highest BCUT2D eigenvalue weighted by atomic mass is 19.1. The summed E-state index contributed by atoms with van der Waals surface area (Å²) >= 11 is 0. The van der Waals surface area contributed by atoms with Crippen LogP contribution in [-0.2, 0) is 0 Å². The van der Waals surface area contributed by atoms with E-state index in [0.717, 1.165) is 17.9 Å². The molecule has 2 N–H and O–H groups in total. The van der Waals surface area contributed by atoms with Crippen molar-refractivity contribution in [2.24, 2.45) is 11.7 Å². The van der Waals surface area contributed by atoms with E-state index in [0.29, 0.717) is 0 Å². The smallest absolute Gasteiger partial charge is 0.165 e. The number of hydrogen-bond acceptors (Lipinski definition) is 2. The number of halogens is 1. The molecule has 2 nitrogen and oxygen atoms in total. The summed E-state index contributed by atoms with van der Waals surface area (Å²) in [6, 6.07) is 4.88. The highest BCUT2D eigenvalue weighted by Crippen LogP contribution is 2.34. The normalized spacial score (nSPS) is 17.9. The molecule has 0 saturated heterocycles. The predicted molar refractivity (Wildman–Crippen MR) is 61.8 cm³/mol. The first-order chi connectivity index (χ1) is 7.70. The van der Waals surface area contributed by atoms with Crippen molar-refractivity contribution < 1.29 is 9.13 Å². The fourth-order valence-electron chi connectivity index (χ4n) is 2.13. The molecule has 0 heterocycles. The Bertz CT molecular complexity index is 363. The molecule has 1 atom stereocenters. The molecule has 88 valence electrons. The summed E-state index contributed by atoms with van der Waals surface area (Å²) in [6.45, 7) is 0. The fourth-order valence-corrected chi connectivity index (χ4v) is 2.13. The molecule has 1 fully saturated rings. The van der Waals surface area contributed by atoms with E-state index in [4.69, 9.17) is 10.5 Å². The average Bonchev–Trinajstić information content (AvgIpc) is 2.24. The Hall–Kier alpha value is -1.09. The Morgan fingerprint density at radius 3 is 2.81 bits per heavy atom. The maximum atomic E-state index is 13.2. The van der Waals surface area contributed by atoms with Gasteiger partial charge >= 0.3 is 0 Å². The third kappa shape index (κ3) is 2.35. The number of benzene rings is 1. The van der Waals surface area contributed by atoms with Gasteiger partial charge in [0.2, 0.25) is 0 Å². The molecule has 1 aromatic rings. The number of rotatable bonds is 4. The first kappa shape index (κ1) is 11.4. The van der Waals surface area contributed by atoms with Gasteiger partial charge in [-0.1, -0.05) is 25.3 Å². The third-order valence-corrected chi connectivity index (χ3v) is 3.42. The molecule has 0 aliphatic heterocycles. The van der Waals surface area contributed by atoms with Crippen LogP contribution in [0.4, 0.5) is 4.39 Å². The fraction of sp³-hybridized carbons (Fsp3) is 0.538. The molecule has 0 bridgehead atoms. The van der Waals surface area contributed by atoms with Crippen LogP contribution in [0, 0.1) is 11.7 Å². The van der Waals surface area contributed by atoms with Crippen LogP contribution in [0.1, 0.15) is 37.3 Å². The molecule has 0 spiro atoms. The zero-order valence-corrected chi connectivity index (χ0v) is 9.58. The average molecular weight is 223 g/mol. The molecule has 0 aromatic heterocycles. The summed E-state index contributed by atoms with van der Waals surface area (Å²) in [5.74, 6) is 0.703. The van der Waals surface area contributed by atoms with E-state index in [-0.39, 0.29) is 17.6 Å². The van der Waals surface area contributed by atoms with E-state index in [1.807, 2.05) is 0 Å². The van der Waals surface area contributed by atoms with Gasteiger partial charge < -0.3 is 10.5 Å². The van der Waals surface area contributed by atoms with Crippen molar-refractivity contribution in [2.75, 3.05) is 7.11 Å². The maximum Gasteiger partial charge on any atom is 0.165 e. The zero-order valence-electron chi connectivity index (χ0n) is 9.58. The van der Waals surface area contributed by atoms with Crippen molar-refractivity contribution in [3.63, 3.8) is 0 Å². The lowest BCUT2D eigenvalue weighted by Crippen LogP contribution is -2.20. The van der Waals surface area contributed by atoms with Crippen molar-refractivity contribution in [1.29, 1.82) is 0 Å². The van der Waals surface area contributed by atoms with Gasteiger partial charge in [-0.2, -0.15) is 0 Å². The number of nitrogens with two attached hydrogens (primary N) is 1. The number of ether oxygens (including phenoxy) is 1. The monoisotopic (exact) mass is 223 g/mol. The molecule has 0 radical (unpaired) electrons. The highest BCUT2D eigenvalue weighted by Gasteiger charge is 2.21. The second kappa shape index (κ2) is 4.83. The van der Waals surface area contributed by atoms with Gasteiger partial charge in [0, 0.05) is 6.04 Å². The zero-order chi connectivity index (χ0) is 11.5. The van der Waals surface area contributed by atoms with Crippen molar-refractivity contribution in [2.45, 2.75) is 31.7 Å². The summed E-state index contributed by atoms with van der Waals surface area (Å²) in [7, 11) is 1.47. The summed E-state index contributed by atoms with van der Waals surface area (Å²) in [5, 5.41) is 0. The lowest BCUT2D eigenvalue weighted by atomic mass is 9.80. The van der Waals surface area contributed by atoms with E-state index in [1.165, 1.54) is 32.4 Å². The number of methoxy groups -OCH3 is 1. The minimum Gasteiger partial charge on any atom is -0.494 e. The van der Waals surface area contributed by atoms with Crippen LogP contribution in [0.5, 0.6) is 5.75 Å². The molecular formula is C13H18FNO. The highest BCUT2D eigenvalue weighted by molar-refractivity contribution is 5.32. The minimum atomic E-state index is -0.331. The van der Waals surface area contributed by atoms with Gasteiger partial charge in [0.05, 0.1) is 7.11 Å². The van der Waals surface area contributed by atoms with Crippen LogP contribution < -0.4 is 10.5 Å². The topological polar surface area (TPSA) is 35.2 Å². The first-order valence-corrected chi connectivity index (χ1v) is 5.79. The summed E-state index contributed by atoms with van der Waals surface area (Å²) in [5.41, 5.74) is 7.06. The predicted octanol–water partition coefficient (Wildman–Crippen LogP) is 3.02. The first-order valence-electron chi connectivity index (χ1n) is 5.79. The molecule has 0 amide bonds. The van der Waals surface area contributed by atoms with E-state index in [2.05, 4.69) is 0 Å². The molecule has 3 heteroatoms. The Kier molecular flexibility index (Phi) is 3.44. The van der Waals surface area contributed by atoms with Crippen molar-refractivity contribution in [3.8, 4) is 5.75 Å². The largest absolute Gasteiger partial charge is 0.494 e. The Balaban J connectivity index is 2.06. The van der Waals surface area contributed by atoms with Crippen LogP contribution >= 0.6 is 0 Å². The van der Waals surface area contributed by atoms with Gasteiger partial charge in [-0.15, -0.1) is 0 Å². The Morgan fingerprint density at radius 2 is 2.25 bits per heavy atom. The van der Waals surface area contributed by atoms with Crippen molar-refractivity contribution in [1.82, 2.24) is 0 Å². The molecule has 1 aliphatic carbocycles. The lowest BCUT2D eigenvalue weighted by molar-refractivity contribution is 0.277. The molecule has 2 rings (SSSR count). The van der Waals surface area contributed by atoms with Crippen molar-refractivity contribution in [3.05, 3.63) is 29.6 Å². The van der Waals surface area contributed by atoms with Crippen LogP contribution in [0.15, 0.2) is 18.2 Å². The second-order valence-electron chi connectivity index (χ2n) is 4.53. The van der Waals surface area contributed by atoms with E-state index >= 15 is 0 Å². The Morgan fingerprint density at radius 1 is 1.50 bits per heavy atom.